The molecule has 0 radical (unpaired) electrons. The minimum absolute atomic E-state index is 0.216. The minimum atomic E-state index is -4.41. The lowest BCUT2D eigenvalue weighted by molar-refractivity contribution is -0.137. The Kier molecular flexibility index (Phi) is 4.89. The number of amides is 1. The highest BCUT2D eigenvalue weighted by Gasteiger charge is 2.30. The molecular formula is C19H15F3N2O3. The van der Waals surface area contributed by atoms with Gasteiger partial charge < -0.3 is 14.5 Å². The van der Waals surface area contributed by atoms with Gasteiger partial charge in [-0.15, -0.1) is 0 Å². The van der Waals surface area contributed by atoms with Crippen LogP contribution in [-0.4, -0.2) is 10.9 Å². The summed E-state index contributed by atoms with van der Waals surface area (Å²) in [5.41, 5.74) is 0.791. The summed E-state index contributed by atoms with van der Waals surface area (Å²) in [7, 11) is 0. The molecule has 1 aromatic heterocycles. The fourth-order valence-electron chi connectivity index (χ4n) is 2.46. The minimum Gasteiger partial charge on any atom is -0.453 e. The summed E-state index contributed by atoms with van der Waals surface area (Å²) >= 11 is 0. The number of ether oxygens (including phenoxy) is 1. The molecule has 0 unspecified atom stereocenters. The molecule has 8 heteroatoms. The lowest BCUT2D eigenvalue weighted by Gasteiger charge is -2.10. The van der Waals surface area contributed by atoms with E-state index >= 15 is 0 Å². The number of hydrogen-bond acceptors (Lipinski definition) is 4. The van der Waals surface area contributed by atoms with Crippen LogP contribution in [0.3, 0.4) is 0 Å². The Bertz CT molecular complexity index is 992. The highest BCUT2D eigenvalue weighted by molar-refractivity contribution is 5.88. The number of nitrogens with zero attached hydrogens (tertiary/aromatic N) is 1. The third-order valence-electron chi connectivity index (χ3n) is 3.75. The van der Waals surface area contributed by atoms with Crippen molar-refractivity contribution in [3.8, 4) is 11.5 Å². The Balaban J connectivity index is 1.89. The van der Waals surface area contributed by atoms with E-state index in [4.69, 9.17) is 9.15 Å². The van der Waals surface area contributed by atoms with E-state index in [1.54, 1.807) is 19.1 Å². The monoisotopic (exact) mass is 376 g/mol. The van der Waals surface area contributed by atoms with Crippen LogP contribution in [0, 0.1) is 6.92 Å². The molecule has 0 aliphatic carbocycles. The Morgan fingerprint density at radius 2 is 1.96 bits per heavy atom. The summed E-state index contributed by atoms with van der Waals surface area (Å²) in [5.74, 6) is 0.605. The number of halogens is 3. The largest absolute Gasteiger partial charge is 0.453 e. The molecule has 0 aliphatic heterocycles. The number of hydrogen-bond donors (Lipinski definition) is 1. The zero-order valence-corrected chi connectivity index (χ0v) is 14.3. The number of benzene rings is 2. The van der Waals surface area contributed by atoms with Crippen LogP contribution in [0.1, 0.15) is 17.0 Å². The van der Waals surface area contributed by atoms with Gasteiger partial charge in [-0.2, -0.15) is 13.2 Å². The maximum atomic E-state index is 12.7. The van der Waals surface area contributed by atoms with Crippen molar-refractivity contribution >= 4 is 17.0 Å². The van der Waals surface area contributed by atoms with E-state index in [1.165, 1.54) is 12.1 Å². The molecule has 0 fully saturated rings. The summed E-state index contributed by atoms with van der Waals surface area (Å²) in [4.78, 5) is 15.6. The van der Waals surface area contributed by atoms with Crippen LogP contribution in [0.2, 0.25) is 0 Å². The molecule has 1 N–H and O–H groups in total. The molecule has 5 nitrogen and oxygen atoms in total. The van der Waals surface area contributed by atoms with Gasteiger partial charge >= 0.3 is 6.18 Å². The maximum Gasteiger partial charge on any atom is 0.416 e. The second-order valence-corrected chi connectivity index (χ2v) is 5.68. The average Bonchev–Trinajstić information content (AvgIpc) is 3.02. The fraction of sp³-hybridized carbons (Fsp3) is 0.158. The first-order valence-electron chi connectivity index (χ1n) is 7.92. The maximum absolute atomic E-state index is 12.7. The van der Waals surface area contributed by atoms with E-state index in [-0.39, 0.29) is 18.2 Å². The fourth-order valence-corrected chi connectivity index (χ4v) is 2.46. The second-order valence-electron chi connectivity index (χ2n) is 5.68. The molecule has 0 aliphatic rings. The van der Waals surface area contributed by atoms with Crippen LogP contribution in [0.4, 0.5) is 13.2 Å². The van der Waals surface area contributed by atoms with Crippen molar-refractivity contribution in [1.82, 2.24) is 10.3 Å². The number of aryl methyl sites for hydroxylation is 1. The molecule has 140 valence electrons. The zero-order chi connectivity index (χ0) is 19.6. The van der Waals surface area contributed by atoms with Crippen LogP contribution < -0.4 is 10.1 Å². The molecular weight excluding hydrogens is 361 g/mol. The number of aromatic nitrogens is 1. The molecule has 0 bridgehead atoms. The summed E-state index contributed by atoms with van der Waals surface area (Å²) in [6.45, 7) is 5.26. The van der Waals surface area contributed by atoms with E-state index in [2.05, 4.69) is 16.9 Å². The number of oxazole rings is 1. The van der Waals surface area contributed by atoms with E-state index in [9.17, 15) is 18.0 Å². The number of nitrogens with one attached hydrogen (secondary N) is 1. The number of rotatable bonds is 5. The Morgan fingerprint density at radius 1 is 1.26 bits per heavy atom. The average molecular weight is 376 g/mol. The van der Waals surface area contributed by atoms with Gasteiger partial charge in [0.2, 0.25) is 5.91 Å². The van der Waals surface area contributed by atoms with Crippen LogP contribution in [0.15, 0.2) is 53.5 Å². The molecule has 3 rings (SSSR count). The van der Waals surface area contributed by atoms with Gasteiger partial charge in [0.15, 0.2) is 17.2 Å². The van der Waals surface area contributed by atoms with Crippen molar-refractivity contribution in [3.63, 3.8) is 0 Å². The van der Waals surface area contributed by atoms with Crippen molar-refractivity contribution in [2.24, 2.45) is 0 Å². The first-order chi connectivity index (χ1) is 12.8. The lowest BCUT2D eigenvalue weighted by atomic mass is 10.1. The normalized spacial score (nSPS) is 11.4. The number of carbonyl (C=O) groups is 1. The molecule has 0 saturated heterocycles. The van der Waals surface area contributed by atoms with E-state index in [0.717, 1.165) is 18.2 Å². The summed E-state index contributed by atoms with van der Waals surface area (Å²) in [6.07, 6.45) is -3.25. The van der Waals surface area contributed by atoms with Gasteiger partial charge in [0.25, 0.3) is 0 Å². The molecule has 3 aromatic rings. The van der Waals surface area contributed by atoms with E-state index < -0.39 is 11.7 Å². The van der Waals surface area contributed by atoms with Crippen LogP contribution in [0.25, 0.3) is 11.1 Å². The van der Waals surface area contributed by atoms with E-state index in [1.807, 2.05) is 0 Å². The van der Waals surface area contributed by atoms with Crippen molar-refractivity contribution in [3.05, 3.63) is 66.1 Å². The van der Waals surface area contributed by atoms with Crippen molar-refractivity contribution in [1.29, 1.82) is 0 Å². The SMILES string of the molecule is C=CC(=O)NCc1ccc(Oc2ccc(C(F)(F)F)cc2)c2oc(C)nc12. The van der Waals surface area contributed by atoms with Crippen LogP contribution in [-0.2, 0) is 17.5 Å². The highest BCUT2D eigenvalue weighted by Crippen LogP contribution is 2.34. The standard InChI is InChI=1S/C19H15F3N2O3/c1-3-16(25)23-10-12-4-9-15(18-17(12)24-11(2)26-18)27-14-7-5-13(6-8-14)19(20,21)22/h3-9H,1,10H2,2H3,(H,23,25). The number of carbonyl (C=O) groups excluding carboxylic acids is 1. The predicted octanol–water partition coefficient (Wildman–Crippen LogP) is 4.75. The van der Waals surface area contributed by atoms with Gasteiger partial charge in [-0.25, -0.2) is 4.98 Å². The quantitative estimate of drug-likeness (QED) is 0.653. The molecule has 0 saturated carbocycles. The molecule has 0 atom stereocenters. The van der Waals surface area contributed by atoms with Crippen LogP contribution >= 0.6 is 0 Å². The zero-order valence-electron chi connectivity index (χ0n) is 14.3. The first kappa shape index (κ1) is 18.5. The van der Waals surface area contributed by atoms with Gasteiger partial charge in [-0.3, -0.25) is 4.79 Å². The first-order valence-corrected chi connectivity index (χ1v) is 7.92. The summed E-state index contributed by atoms with van der Waals surface area (Å²) in [6, 6.07) is 7.66. The summed E-state index contributed by atoms with van der Waals surface area (Å²) < 4.78 is 49.2. The van der Waals surface area contributed by atoms with Crippen molar-refractivity contribution < 1.29 is 27.1 Å². The number of fused-ring (bicyclic) bond motifs is 1. The lowest BCUT2D eigenvalue weighted by Crippen LogP contribution is -2.20. The molecule has 2 aromatic carbocycles. The molecule has 1 amide bonds. The topological polar surface area (TPSA) is 64.4 Å². The Morgan fingerprint density at radius 3 is 2.59 bits per heavy atom. The van der Waals surface area contributed by atoms with Crippen molar-refractivity contribution in [2.75, 3.05) is 0 Å². The third-order valence-corrected chi connectivity index (χ3v) is 3.75. The molecule has 0 spiro atoms. The molecule has 27 heavy (non-hydrogen) atoms. The summed E-state index contributed by atoms with van der Waals surface area (Å²) in [5, 5.41) is 2.65. The van der Waals surface area contributed by atoms with Gasteiger partial charge in [0, 0.05) is 19.0 Å². The van der Waals surface area contributed by atoms with Gasteiger partial charge in [0.1, 0.15) is 11.3 Å². The smallest absolute Gasteiger partial charge is 0.416 e. The van der Waals surface area contributed by atoms with E-state index in [0.29, 0.717) is 28.3 Å². The predicted molar refractivity (Wildman–Crippen MR) is 92.3 cm³/mol. The Labute approximate surface area is 152 Å². The Hall–Kier alpha value is -3.29. The third kappa shape index (κ3) is 4.11. The van der Waals surface area contributed by atoms with Crippen LogP contribution in [0.5, 0.6) is 11.5 Å². The molecule has 1 heterocycles. The van der Waals surface area contributed by atoms with Gasteiger partial charge in [-0.05, 0) is 36.4 Å². The van der Waals surface area contributed by atoms with Gasteiger partial charge in [0.05, 0.1) is 5.56 Å². The van der Waals surface area contributed by atoms with Crippen molar-refractivity contribution in [2.45, 2.75) is 19.6 Å². The number of alkyl halides is 3. The second kappa shape index (κ2) is 7.14. The van der Waals surface area contributed by atoms with Gasteiger partial charge in [-0.1, -0.05) is 12.6 Å². The highest BCUT2D eigenvalue weighted by atomic mass is 19.4.